The van der Waals surface area contributed by atoms with Crippen molar-refractivity contribution < 1.29 is 9.47 Å². The number of para-hydroxylation sites is 6. The molecule has 2 aliphatic carbocycles. The summed E-state index contributed by atoms with van der Waals surface area (Å²) < 4.78 is 15.0. The summed E-state index contributed by atoms with van der Waals surface area (Å²) >= 11 is 0. The highest BCUT2D eigenvalue weighted by atomic mass is 16.5. The first-order chi connectivity index (χ1) is 67.4. The summed E-state index contributed by atoms with van der Waals surface area (Å²) in [4.78, 5) is 8.00. The van der Waals surface area contributed by atoms with Gasteiger partial charge >= 0.3 is 0 Å². The molecule has 5 heterocycles. The number of rotatable bonds is 9. The van der Waals surface area contributed by atoms with E-state index in [1.54, 1.807) is 0 Å². The third-order valence-electron chi connectivity index (χ3n) is 31.4. The van der Waals surface area contributed by atoms with Crippen LogP contribution < -0.4 is 40.6 Å². The average Bonchev–Trinajstić information content (AvgIpc) is 1.63. The normalized spacial score (nSPS) is 14.7. The lowest BCUT2D eigenvalue weighted by molar-refractivity contribution is 0.436. The predicted octanol–water partition coefficient (Wildman–Crippen LogP) is 32.7. The Morgan fingerprint density at radius 1 is 0.194 bits per heavy atom. The van der Waals surface area contributed by atoms with Gasteiger partial charge in [0.1, 0.15) is 23.0 Å². The van der Waals surface area contributed by atoms with Crippen LogP contribution in [0.25, 0.3) is 66.8 Å². The number of ether oxygens (including phenoxy) is 2. The van der Waals surface area contributed by atoms with E-state index in [0.29, 0.717) is 0 Å². The number of hydrogen-bond acceptors (Lipinski definition) is 5. The van der Waals surface area contributed by atoms with Gasteiger partial charge in [-0.2, -0.15) is 0 Å². The van der Waals surface area contributed by atoms with Crippen molar-refractivity contribution in [1.29, 1.82) is 0 Å². The largest absolute Gasteiger partial charge is 0.457 e. The van der Waals surface area contributed by atoms with E-state index >= 15 is 0 Å². The zero-order valence-corrected chi connectivity index (χ0v) is 80.7. The van der Waals surface area contributed by atoms with Crippen molar-refractivity contribution in [2.75, 3.05) is 14.7 Å². The van der Waals surface area contributed by atoms with Crippen molar-refractivity contribution >= 4 is 74.3 Å². The Hall–Kier alpha value is -15.8. The van der Waals surface area contributed by atoms with Crippen LogP contribution in [-0.4, -0.2) is 6.71 Å². The van der Waals surface area contributed by atoms with Gasteiger partial charge in [0, 0.05) is 56.1 Å². The molecule has 7 aliphatic rings. The van der Waals surface area contributed by atoms with Gasteiger partial charge in [-0.1, -0.05) is 435 Å². The second kappa shape index (κ2) is 30.6. The van der Waals surface area contributed by atoms with Gasteiger partial charge in [0.2, 0.25) is 0 Å². The number of benzene rings is 19. The number of anilines is 9. The topological polar surface area (TPSA) is 28.2 Å². The first kappa shape index (κ1) is 83.8. The van der Waals surface area contributed by atoms with Crippen molar-refractivity contribution in [3.05, 3.63) is 514 Å². The Kier molecular flexibility index (Phi) is 18.5. The molecule has 0 saturated heterocycles. The Labute approximate surface area is 817 Å². The average molecular weight is 1790 g/mol. The maximum absolute atomic E-state index is 7.51. The smallest absolute Gasteiger partial charge is 0.252 e. The molecule has 0 radical (unpaired) electrons. The van der Waals surface area contributed by atoms with Gasteiger partial charge < -0.3 is 24.2 Å². The second-order valence-corrected chi connectivity index (χ2v) is 43.3. The molecule has 0 fully saturated rings. The Morgan fingerprint density at radius 3 is 0.849 bits per heavy atom. The summed E-state index contributed by atoms with van der Waals surface area (Å²) in [5.41, 5.74) is 43.6. The van der Waals surface area contributed by atoms with Crippen LogP contribution in [-0.2, 0) is 37.9 Å². The van der Waals surface area contributed by atoms with E-state index in [1.807, 2.05) is 0 Å². The van der Waals surface area contributed by atoms with Gasteiger partial charge in [0.05, 0.1) is 44.7 Å². The number of hydrogen-bond donors (Lipinski definition) is 0. The van der Waals surface area contributed by atoms with Gasteiger partial charge in [-0.3, -0.25) is 0 Å². The molecule has 19 aromatic rings. The molecular formula is C133H106BN3O2. The van der Waals surface area contributed by atoms with Gasteiger partial charge in [-0.25, -0.2) is 0 Å². The molecule has 668 valence electrons. The van der Waals surface area contributed by atoms with E-state index in [1.165, 1.54) is 117 Å². The predicted molar refractivity (Wildman–Crippen MR) is 578 cm³/mol. The zero-order chi connectivity index (χ0) is 94.1. The minimum Gasteiger partial charge on any atom is -0.457 e. The lowest BCUT2D eigenvalue weighted by Gasteiger charge is -2.48. The van der Waals surface area contributed by atoms with E-state index in [2.05, 4.69) is 522 Å². The highest BCUT2D eigenvalue weighted by Gasteiger charge is 2.55. The number of nitrogens with zero attached hydrogens (tertiary/aromatic N) is 3. The Bertz CT molecular complexity index is 7720. The van der Waals surface area contributed by atoms with Crippen molar-refractivity contribution in [2.24, 2.45) is 0 Å². The molecule has 0 atom stereocenters. The first-order valence-corrected chi connectivity index (χ1v) is 49.4. The van der Waals surface area contributed by atoms with Crippen molar-refractivity contribution in [1.82, 2.24) is 0 Å². The van der Waals surface area contributed by atoms with E-state index in [-0.39, 0.29) is 28.4 Å². The van der Waals surface area contributed by atoms with Crippen LogP contribution in [0.1, 0.15) is 172 Å². The minimum absolute atomic E-state index is 0.158. The molecular weight excluding hydrogens is 1680 g/mol. The molecule has 0 bridgehead atoms. The summed E-state index contributed by atoms with van der Waals surface area (Å²) in [7, 11) is 0. The quantitative estimate of drug-likeness (QED) is 0.134. The fourth-order valence-electron chi connectivity index (χ4n) is 24.9. The second-order valence-electron chi connectivity index (χ2n) is 43.3. The zero-order valence-electron chi connectivity index (χ0n) is 80.7. The summed E-state index contributed by atoms with van der Waals surface area (Å²) in [5, 5.41) is 0. The molecule has 19 aromatic carbocycles. The highest BCUT2D eigenvalue weighted by Crippen LogP contribution is 2.67. The van der Waals surface area contributed by atoms with Crippen LogP contribution in [0.4, 0.5) is 51.2 Å². The summed E-state index contributed by atoms with van der Waals surface area (Å²) in [6.07, 6.45) is 0. The fraction of sp³-hybridized carbons (Fsp3) is 0.143. The highest BCUT2D eigenvalue weighted by molar-refractivity contribution is 7.00. The monoisotopic (exact) mass is 1790 g/mol. The molecule has 26 rings (SSSR count). The third-order valence-corrected chi connectivity index (χ3v) is 31.4. The summed E-state index contributed by atoms with van der Waals surface area (Å²) in [6, 6.07) is 163. The Balaban J connectivity index is 0.781. The number of fused-ring (bicyclic) bond motifs is 24. The van der Waals surface area contributed by atoms with Gasteiger partial charge in [0.15, 0.2) is 0 Å². The summed E-state index contributed by atoms with van der Waals surface area (Å²) in [5.74, 6) is 3.35. The molecule has 0 N–H and O–H groups in total. The lowest BCUT2D eigenvalue weighted by Crippen LogP contribution is -2.61. The van der Waals surface area contributed by atoms with E-state index < -0.39 is 16.2 Å². The molecule has 2 spiro atoms. The van der Waals surface area contributed by atoms with Crippen LogP contribution in [0.5, 0.6) is 23.0 Å². The fourth-order valence-corrected chi connectivity index (χ4v) is 24.9. The van der Waals surface area contributed by atoms with E-state index in [0.717, 1.165) is 130 Å². The molecule has 0 saturated carbocycles. The third kappa shape index (κ3) is 12.4. The molecule has 139 heavy (non-hydrogen) atoms. The molecule has 0 unspecified atom stereocenters. The molecule has 0 aromatic heterocycles. The van der Waals surface area contributed by atoms with Crippen LogP contribution >= 0.6 is 0 Å². The van der Waals surface area contributed by atoms with Gasteiger partial charge in [-0.15, -0.1) is 0 Å². The van der Waals surface area contributed by atoms with Crippen LogP contribution in [0.15, 0.2) is 425 Å². The van der Waals surface area contributed by atoms with Crippen LogP contribution in [0.2, 0.25) is 0 Å². The Morgan fingerprint density at radius 2 is 0.489 bits per heavy atom. The van der Waals surface area contributed by atoms with Crippen molar-refractivity contribution in [3.63, 3.8) is 0 Å². The first-order valence-electron chi connectivity index (χ1n) is 49.4. The molecule has 6 heteroatoms. The SMILES string of the molecule is CC(C)(C)c1cc(-c2ccc3c(c2)N(c2ccccc2-c2ccc4c(c2)Oc2ccccc2C42c4ccccc4-c4ccccc42)c2cc(N4c5ccccc5C(c5ccccc5)(c5ccccc5)c5ccccc54)cc4c2B3c2ccc(-c3cc(C(C)(C)C)cc(C(C)(C)C)c3)cc2N4c2ccccc2-c2ccc3c(c2)Oc2ccccc2C32c3ccccc3-c3ccccc32)cc(C(C)(C)C)c1. The van der Waals surface area contributed by atoms with Gasteiger partial charge in [-0.05, 0) is 233 Å². The maximum atomic E-state index is 7.51. The standard InChI is InChI=1S/C133H106BN3O2/c1-127(2,3)91-71-87(72-92(79-91)128(4,5)6)83-65-69-112-118(75-83)136(114-57-33-23-43-96(114)85-63-67-110-124(77-85)138-122-61-37-31-55-108(122)132(110)102-49-25-19-45-98(102)99-46-20-26-50-103(99)132)120-81-95(135-116-59-35-29-53-106(116)131(89-39-15-13-16-40-89,90-41-17-14-18-42-90)107-54-30-36-60-117(107)135)82-121-126(120)134(112)113-70-66-84(88-73-93(129(7,8)9)80-94(74-88)130(10,11)12)76-119(113)137(121)115-58-34-24-44-97(115)86-64-68-111-125(78-86)139-123-62-38-32-56-109(123)133(111)104-51-27-21-47-100(104)101-48-22-28-52-105(101)133/h13-82H,1-12H3. The molecule has 5 nitrogen and oxygen atoms in total. The van der Waals surface area contributed by atoms with E-state index in [9.17, 15) is 0 Å². The maximum Gasteiger partial charge on any atom is 0.252 e. The van der Waals surface area contributed by atoms with Crippen molar-refractivity contribution in [2.45, 2.75) is 121 Å². The summed E-state index contributed by atoms with van der Waals surface area (Å²) in [6.45, 7) is 28.0. The molecule has 0 amide bonds. The van der Waals surface area contributed by atoms with Gasteiger partial charge in [0.25, 0.3) is 6.71 Å². The van der Waals surface area contributed by atoms with Crippen LogP contribution in [0.3, 0.4) is 0 Å². The lowest BCUT2D eigenvalue weighted by atomic mass is 9.33. The van der Waals surface area contributed by atoms with E-state index in [4.69, 9.17) is 9.47 Å². The van der Waals surface area contributed by atoms with Crippen LogP contribution in [0, 0.1) is 0 Å². The van der Waals surface area contributed by atoms with Crippen molar-refractivity contribution in [3.8, 4) is 89.8 Å². The molecule has 5 aliphatic heterocycles. The minimum atomic E-state index is -0.760.